The number of halogens is 1. The Morgan fingerprint density at radius 3 is 2.65 bits per heavy atom. The molecule has 0 aromatic carbocycles. The Balaban J connectivity index is 1.60. The number of nitrogens with one attached hydrogen (secondary N) is 1. The van der Waals surface area contributed by atoms with Gasteiger partial charge in [-0.05, 0) is 44.9 Å². The first kappa shape index (κ1) is 12.0. The average molecular weight is 271 g/mol. The van der Waals surface area contributed by atoms with Crippen LogP contribution in [0.5, 0.6) is 0 Å². The Morgan fingerprint density at radius 1 is 1.35 bits per heavy atom. The maximum absolute atomic E-state index is 5.98. The molecule has 2 atom stereocenters. The van der Waals surface area contributed by atoms with E-state index in [1.54, 1.807) is 11.3 Å². The summed E-state index contributed by atoms with van der Waals surface area (Å²) in [6.07, 6.45) is 5.37. The van der Waals surface area contributed by atoms with Crippen LogP contribution in [-0.4, -0.2) is 30.1 Å². The summed E-state index contributed by atoms with van der Waals surface area (Å²) in [5.41, 5.74) is 0. The number of hydrogen-bond donors (Lipinski definition) is 1. The minimum atomic E-state index is 0.745. The smallest absolute Gasteiger partial charge is 0.0931 e. The molecule has 2 fully saturated rings. The Kier molecular flexibility index (Phi) is 3.44. The molecule has 0 amide bonds. The lowest BCUT2D eigenvalue weighted by molar-refractivity contribution is 0.167. The Hall–Kier alpha value is -0.0900. The second-order valence-electron chi connectivity index (χ2n) is 5.38. The van der Waals surface area contributed by atoms with E-state index < -0.39 is 0 Å². The quantitative estimate of drug-likeness (QED) is 0.908. The van der Waals surface area contributed by atoms with Gasteiger partial charge in [0, 0.05) is 29.5 Å². The Morgan fingerprint density at radius 2 is 2.06 bits per heavy atom. The van der Waals surface area contributed by atoms with Crippen molar-refractivity contribution in [3.05, 3.63) is 21.3 Å². The lowest BCUT2D eigenvalue weighted by Crippen LogP contribution is -2.46. The van der Waals surface area contributed by atoms with Gasteiger partial charge in [0.05, 0.1) is 4.34 Å². The summed E-state index contributed by atoms with van der Waals surface area (Å²) in [6.45, 7) is 1.04. The molecule has 3 heterocycles. The summed E-state index contributed by atoms with van der Waals surface area (Å²) in [4.78, 5) is 3.89. The highest BCUT2D eigenvalue weighted by atomic mass is 35.5. The molecule has 4 heteroatoms. The van der Waals surface area contributed by atoms with E-state index in [1.165, 1.54) is 30.6 Å². The van der Waals surface area contributed by atoms with E-state index in [0.29, 0.717) is 0 Å². The van der Waals surface area contributed by atoms with Crippen molar-refractivity contribution in [3.63, 3.8) is 0 Å². The molecular weight excluding hydrogens is 252 g/mol. The van der Waals surface area contributed by atoms with Gasteiger partial charge < -0.3 is 5.32 Å². The highest BCUT2D eigenvalue weighted by molar-refractivity contribution is 7.16. The maximum atomic E-state index is 5.98. The van der Waals surface area contributed by atoms with Crippen molar-refractivity contribution in [2.24, 2.45) is 0 Å². The van der Waals surface area contributed by atoms with Gasteiger partial charge in [0.25, 0.3) is 0 Å². The Labute approximate surface area is 112 Å². The molecule has 3 rings (SSSR count). The minimum absolute atomic E-state index is 0.745. The first-order chi connectivity index (χ1) is 8.20. The molecular formula is C13H19ClN2S. The van der Waals surface area contributed by atoms with Gasteiger partial charge in [-0.3, -0.25) is 4.90 Å². The highest BCUT2D eigenvalue weighted by Crippen LogP contribution is 2.30. The molecule has 2 aliphatic heterocycles. The van der Waals surface area contributed by atoms with E-state index in [9.17, 15) is 0 Å². The summed E-state index contributed by atoms with van der Waals surface area (Å²) < 4.78 is 0.902. The first-order valence-electron chi connectivity index (χ1n) is 6.41. The van der Waals surface area contributed by atoms with Crippen molar-refractivity contribution in [1.82, 2.24) is 10.2 Å². The van der Waals surface area contributed by atoms with Gasteiger partial charge >= 0.3 is 0 Å². The molecule has 2 bridgehead atoms. The van der Waals surface area contributed by atoms with Gasteiger partial charge in [0.2, 0.25) is 0 Å². The summed E-state index contributed by atoms with van der Waals surface area (Å²) >= 11 is 7.68. The zero-order valence-corrected chi connectivity index (χ0v) is 11.7. The molecule has 0 radical (unpaired) electrons. The summed E-state index contributed by atoms with van der Waals surface area (Å²) in [6, 6.07) is 6.44. The molecule has 1 aromatic rings. The van der Waals surface area contributed by atoms with Crippen LogP contribution in [0.3, 0.4) is 0 Å². The second-order valence-corrected chi connectivity index (χ2v) is 7.18. The fraction of sp³-hybridized carbons (Fsp3) is 0.692. The van der Waals surface area contributed by atoms with Crippen LogP contribution in [0.25, 0.3) is 0 Å². The number of hydrogen-bond acceptors (Lipinski definition) is 3. The molecule has 94 valence electrons. The van der Waals surface area contributed by atoms with Gasteiger partial charge in [-0.15, -0.1) is 11.3 Å². The zero-order chi connectivity index (χ0) is 11.8. The van der Waals surface area contributed by atoms with E-state index in [-0.39, 0.29) is 0 Å². The first-order valence-corrected chi connectivity index (χ1v) is 7.60. The van der Waals surface area contributed by atoms with Crippen molar-refractivity contribution in [3.8, 4) is 0 Å². The molecule has 2 nitrogen and oxygen atoms in total. The Bertz CT molecular complexity index is 381. The molecule has 2 aliphatic rings. The average Bonchev–Trinajstić information content (AvgIpc) is 2.85. The molecule has 1 N–H and O–H groups in total. The van der Waals surface area contributed by atoms with Crippen LogP contribution in [-0.2, 0) is 6.54 Å². The van der Waals surface area contributed by atoms with Crippen molar-refractivity contribution in [2.75, 3.05) is 7.05 Å². The summed E-state index contributed by atoms with van der Waals surface area (Å²) in [7, 11) is 2.25. The van der Waals surface area contributed by atoms with Crippen LogP contribution in [0.4, 0.5) is 0 Å². The summed E-state index contributed by atoms with van der Waals surface area (Å²) in [5, 5.41) is 3.70. The molecule has 2 unspecified atom stereocenters. The van der Waals surface area contributed by atoms with Crippen molar-refractivity contribution in [2.45, 2.75) is 50.4 Å². The SMILES string of the molecule is CN(Cc1ccc(Cl)s1)C1CC2CCC(C1)N2. The van der Waals surface area contributed by atoms with E-state index in [0.717, 1.165) is 29.0 Å². The third kappa shape index (κ3) is 2.68. The van der Waals surface area contributed by atoms with Gasteiger partial charge in [0.15, 0.2) is 0 Å². The van der Waals surface area contributed by atoms with Gasteiger partial charge in [-0.1, -0.05) is 11.6 Å². The second kappa shape index (κ2) is 4.88. The van der Waals surface area contributed by atoms with E-state index in [2.05, 4.69) is 23.3 Å². The fourth-order valence-corrected chi connectivity index (χ4v) is 4.35. The van der Waals surface area contributed by atoms with Crippen LogP contribution < -0.4 is 5.32 Å². The maximum Gasteiger partial charge on any atom is 0.0931 e. The monoisotopic (exact) mass is 270 g/mol. The van der Waals surface area contributed by atoms with E-state index in [4.69, 9.17) is 11.6 Å². The number of nitrogens with zero attached hydrogens (tertiary/aromatic N) is 1. The van der Waals surface area contributed by atoms with Crippen LogP contribution in [0.2, 0.25) is 4.34 Å². The van der Waals surface area contributed by atoms with Crippen LogP contribution in [0.15, 0.2) is 12.1 Å². The number of fused-ring (bicyclic) bond motifs is 2. The highest BCUT2D eigenvalue weighted by Gasteiger charge is 2.34. The largest absolute Gasteiger partial charge is 0.311 e. The molecule has 0 aliphatic carbocycles. The van der Waals surface area contributed by atoms with Crippen molar-refractivity contribution < 1.29 is 0 Å². The molecule has 1 aromatic heterocycles. The minimum Gasteiger partial charge on any atom is -0.311 e. The van der Waals surface area contributed by atoms with E-state index >= 15 is 0 Å². The lowest BCUT2D eigenvalue weighted by Gasteiger charge is -2.35. The van der Waals surface area contributed by atoms with Crippen LogP contribution in [0.1, 0.15) is 30.6 Å². The number of piperidine rings is 1. The van der Waals surface area contributed by atoms with Gasteiger partial charge in [-0.25, -0.2) is 0 Å². The number of thiophene rings is 1. The molecule has 17 heavy (non-hydrogen) atoms. The zero-order valence-electron chi connectivity index (χ0n) is 10.2. The van der Waals surface area contributed by atoms with Crippen LogP contribution >= 0.6 is 22.9 Å². The topological polar surface area (TPSA) is 15.3 Å². The predicted octanol–water partition coefficient (Wildman–Crippen LogP) is 3.12. The molecule has 0 spiro atoms. The van der Waals surface area contributed by atoms with Crippen molar-refractivity contribution in [1.29, 1.82) is 0 Å². The summed E-state index contributed by atoms with van der Waals surface area (Å²) in [5.74, 6) is 0. The third-order valence-corrected chi connectivity index (χ3v) is 5.32. The van der Waals surface area contributed by atoms with Gasteiger partial charge in [0.1, 0.15) is 0 Å². The van der Waals surface area contributed by atoms with Crippen LogP contribution in [0, 0.1) is 0 Å². The standard InChI is InChI=1S/C13H19ClN2S/c1-16(8-12-4-5-13(14)17-12)11-6-9-2-3-10(7-11)15-9/h4-5,9-11,15H,2-3,6-8H2,1H3. The van der Waals surface area contributed by atoms with E-state index in [1.807, 2.05) is 6.07 Å². The van der Waals surface area contributed by atoms with Crippen molar-refractivity contribution >= 4 is 22.9 Å². The van der Waals surface area contributed by atoms with Gasteiger partial charge in [-0.2, -0.15) is 0 Å². The molecule has 2 saturated heterocycles. The lowest BCUT2D eigenvalue weighted by atomic mass is 9.98. The number of rotatable bonds is 3. The molecule has 0 saturated carbocycles. The fourth-order valence-electron chi connectivity index (χ4n) is 3.20. The normalized spacial score (nSPS) is 32.3. The third-order valence-electron chi connectivity index (χ3n) is 4.11. The predicted molar refractivity (Wildman–Crippen MR) is 73.8 cm³/mol.